The maximum absolute atomic E-state index is 12.1. The van der Waals surface area contributed by atoms with Crippen LogP contribution in [0.25, 0.3) is 0 Å². The SMILES string of the molecule is CC1CCCC1NS(=O)(=O)c1c[nH]c(CO)c1. The Morgan fingerprint density at radius 3 is 2.82 bits per heavy atom. The first-order valence-electron chi connectivity index (χ1n) is 5.83. The summed E-state index contributed by atoms with van der Waals surface area (Å²) in [6.07, 6.45) is 4.46. The van der Waals surface area contributed by atoms with Crippen LogP contribution in [0.15, 0.2) is 17.2 Å². The van der Waals surface area contributed by atoms with E-state index in [1.165, 1.54) is 12.3 Å². The molecule has 0 bridgehead atoms. The van der Waals surface area contributed by atoms with E-state index in [2.05, 4.69) is 16.6 Å². The summed E-state index contributed by atoms with van der Waals surface area (Å²) in [5.41, 5.74) is 0.504. The predicted octanol–water partition coefficient (Wildman–Crippen LogP) is 0.974. The summed E-state index contributed by atoms with van der Waals surface area (Å²) in [7, 11) is -3.46. The fourth-order valence-corrected chi connectivity index (χ4v) is 3.65. The molecule has 1 aromatic rings. The number of sulfonamides is 1. The Balaban J connectivity index is 2.13. The standard InChI is InChI=1S/C11H18N2O3S/c1-8-3-2-4-11(8)13-17(15,16)10-5-9(7-14)12-6-10/h5-6,8,11-14H,2-4,7H2,1H3. The molecule has 2 rings (SSSR count). The molecule has 3 N–H and O–H groups in total. The molecule has 0 spiro atoms. The van der Waals surface area contributed by atoms with Crippen molar-refractivity contribution < 1.29 is 13.5 Å². The van der Waals surface area contributed by atoms with Gasteiger partial charge in [-0.25, -0.2) is 13.1 Å². The van der Waals surface area contributed by atoms with Crippen molar-refractivity contribution in [3.63, 3.8) is 0 Å². The molecule has 96 valence electrons. The van der Waals surface area contributed by atoms with Gasteiger partial charge in [0.25, 0.3) is 0 Å². The quantitative estimate of drug-likeness (QED) is 0.752. The summed E-state index contributed by atoms with van der Waals surface area (Å²) in [6, 6.07) is 1.49. The number of H-pyrrole nitrogens is 1. The lowest BCUT2D eigenvalue weighted by Gasteiger charge is -2.16. The van der Waals surface area contributed by atoms with Gasteiger partial charge in [-0.1, -0.05) is 13.3 Å². The second-order valence-corrected chi connectivity index (χ2v) is 6.37. The highest BCUT2D eigenvalue weighted by molar-refractivity contribution is 7.89. The van der Waals surface area contributed by atoms with Crippen LogP contribution in [0.3, 0.4) is 0 Å². The zero-order valence-corrected chi connectivity index (χ0v) is 10.6. The van der Waals surface area contributed by atoms with Crippen LogP contribution < -0.4 is 4.72 Å². The minimum atomic E-state index is -3.46. The number of hydrogen-bond donors (Lipinski definition) is 3. The van der Waals surface area contributed by atoms with Gasteiger partial charge in [0.2, 0.25) is 10.0 Å². The number of aliphatic hydroxyl groups is 1. The predicted molar refractivity (Wildman–Crippen MR) is 63.8 cm³/mol. The van der Waals surface area contributed by atoms with Crippen LogP contribution in [0.2, 0.25) is 0 Å². The number of aromatic nitrogens is 1. The monoisotopic (exact) mass is 258 g/mol. The van der Waals surface area contributed by atoms with Crippen molar-refractivity contribution in [2.75, 3.05) is 0 Å². The van der Waals surface area contributed by atoms with Crippen molar-refractivity contribution in [2.24, 2.45) is 5.92 Å². The van der Waals surface area contributed by atoms with Crippen LogP contribution in [0.5, 0.6) is 0 Å². The van der Waals surface area contributed by atoms with Crippen LogP contribution >= 0.6 is 0 Å². The Bertz CT molecular complexity index is 481. The van der Waals surface area contributed by atoms with Gasteiger partial charge in [0.05, 0.1) is 11.5 Å². The molecular formula is C11H18N2O3S. The smallest absolute Gasteiger partial charge is 0.242 e. The van der Waals surface area contributed by atoms with E-state index in [4.69, 9.17) is 5.11 Å². The van der Waals surface area contributed by atoms with Crippen molar-refractivity contribution in [1.82, 2.24) is 9.71 Å². The van der Waals surface area contributed by atoms with Gasteiger partial charge < -0.3 is 10.1 Å². The molecule has 0 amide bonds. The summed E-state index contributed by atoms with van der Waals surface area (Å²) in [5.74, 6) is 0.390. The maximum atomic E-state index is 12.1. The van der Waals surface area contributed by atoms with Crippen LogP contribution in [0, 0.1) is 5.92 Å². The Morgan fingerprint density at radius 1 is 1.53 bits per heavy atom. The first-order valence-corrected chi connectivity index (χ1v) is 7.32. The van der Waals surface area contributed by atoms with Gasteiger partial charge in [0, 0.05) is 17.9 Å². The molecule has 1 aliphatic rings. The number of aromatic amines is 1. The molecule has 2 unspecified atom stereocenters. The van der Waals surface area contributed by atoms with E-state index in [0.29, 0.717) is 11.6 Å². The first-order chi connectivity index (χ1) is 8.03. The lowest BCUT2D eigenvalue weighted by molar-refractivity contribution is 0.277. The van der Waals surface area contributed by atoms with Crippen LogP contribution in [-0.2, 0) is 16.6 Å². The number of aliphatic hydroxyl groups excluding tert-OH is 1. The molecule has 1 heterocycles. The molecule has 2 atom stereocenters. The zero-order valence-electron chi connectivity index (χ0n) is 9.81. The molecule has 0 radical (unpaired) electrons. The fourth-order valence-electron chi connectivity index (χ4n) is 2.25. The Hall–Kier alpha value is -0.850. The fraction of sp³-hybridized carbons (Fsp3) is 0.636. The Kier molecular flexibility index (Phi) is 3.56. The second kappa shape index (κ2) is 4.80. The van der Waals surface area contributed by atoms with Crippen molar-refractivity contribution in [3.05, 3.63) is 18.0 Å². The Morgan fingerprint density at radius 2 is 2.29 bits per heavy atom. The number of hydrogen-bond acceptors (Lipinski definition) is 3. The van der Waals surface area contributed by atoms with Crippen molar-refractivity contribution in [3.8, 4) is 0 Å². The molecule has 0 aromatic carbocycles. The van der Waals surface area contributed by atoms with E-state index < -0.39 is 10.0 Å². The van der Waals surface area contributed by atoms with Gasteiger partial charge in [0.15, 0.2) is 0 Å². The molecule has 0 aliphatic heterocycles. The van der Waals surface area contributed by atoms with Gasteiger partial charge in [-0.2, -0.15) is 0 Å². The highest BCUT2D eigenvalue weighted by Gasteiger charge is 2.28. The third kappa shape index (κ3) is 2.70. The second-order valence-electron chi connectivity index (χ2n) is 4.65. The molecule has 1 aromatic heterocycles. The molecule has 0 saturated heterocycles. The molecule has 1 aliphatic carbocycles. The van der Waals surface area contributed by atoms with Gasteiger partial charge >= 0.3 is 0 Å². The topological polar surface area (TPSA) is 82.2 Å². The molecule has 17 heavy (non-hydrogen) atoms. The normalized spacial score (nSPS) is 25.3. The van der Waals surface area contributed by atoms with Crippen LogP contribution in [-0.4, -0.2) is 24.6 Å². The van der Waals surface area contributed by atoms with Crippen LogP contribution in [0.1, 0.15) is 31.9 Å². The third-order valence-corrected chi connectivity index (χ3v) is 4.83. The summed E-state index contributed by atoms with van der Waals surface area (Å²) in [6.45, 7) is 1.88. The van der Waals surface area contributed by atoms with Gasteiger partial charge in [-0.15, -0.1) is 0 Å². The summed E-state index contributed by atoms with van der Waals surface area (Å²) in [4.78, 5) is 2.92. The number of nitrogens with one attached hydrogen (secondary N) is 2. The van der Waals surface area contributed by atoms with Gasteiger partial charge in [0.1, 0.15) is 0 Å². The van der Waals surface area contributed by atoms with Crippen molar-refractivity contribution >= 4 is 10.0 Å². The van der Waals surface area contributed by atoms with E-state index in [-0.39, 0.29) is 17.5 Å². The molecule has 5 nitrogen and oxygen atoms in total. The zero-order chi connectivity index (χ0) is 12.5. The highest BCUT2D eigenvalue weighted by Crippen LogP contribution is 2.26. The Labute approximate surface area is 101 Å². The maximum Gasteiger partial charge on any atom is 0.242 e. The highest BCUT2D eigenvalue weighted by atomic mass is 32.2. The average molecular weight is 258 g/mol. The molecule has 1 fully saturated rings. The third-order valence-electron chi connectivity index (χ3n) is 3.36. The van der Waals surface area contributed by atoms with Crippen molar-refractivity contribution in [1.29, 1.82) is 0 Å². The van der Waals surface area contributed by atoms with Crippen LogP contribution in [0.4, 0.5) is 0 Å². The average Bonchev–Trinajstić information content (AvgIpc) is 2.88. The number of rotatable bonds is 4. The molecule has 6 heteroatoms. The van der Waals surface area contributed by atoms with E-state index >= 15 is 0 Å². The largest absolute Gasteiger partial charge is 0.390 e. The lowest BCUT2D eigenvalue weighted by atomic mass is 10.1. The molecule has 1 saturated carbocycles. The molecular weight excluding hydrogens is 240 g/mol. The minimum Gasteiger partial charge on any atom is -0.390 e. The first kappa shape index (κ1) is 12.6. The van der Waals surface area contributed by atoms with E-state index in [0.717, 1.165) is 19.3 Å². The summed E-state index contributed by atoms with van der Waals surface area (Å²) >= 11 is 0. The summed E-state index contributed by atoms with van der Waals surface area (Å²) in [5, 5.41) is 8.90. The van der Waals surface area contributed by atoms with E-state index in [9.17, 15) is 8.42 Å². The van der Waals surface area contributed by atoms with Gasteiger partial charge in [-0.3, -0.25) is 0 Å². The van der Waals surface area contributed by atoms with Gasteiger partial charge in [-0.05, 0) is 24.8 Å². The minimum absolute atomic E-state index is 0.0347. The van der Waals surface area contributed by atoms with E-state index in [1.807, 2.05) is 0 Å². The van der Waals surface area contributed by atoms with Crippen molar-refractivity contribution in [2.45, 2.75) is 43.7 Å². The van der Waals surface area contributed by atoms with E-state index in [1.54, 1.807) is 0 Å². The summed E-state index contributed by atoms with van der Waals surface area (Å²) < 4.78 is 26.8. The lowest BCUT2D eigenvalue weighted by Crippen LogP contribution is -2.36.